The third-order valence-corrected chi connectivity index (χ3v) is 5.10. The van der Waals surface area contributed by atoms with Crippen molar-refractivity contribution in [2.75, 3.05) is 11.9 Å². The zero-order valence-corrected chi connectivity index (χ0v) is 15.9. The molecular weight excluding hydrogens is 368 g/mol. The summed E-state index contributed by atoms with van der Waals surface area (Å²) >= 11 is 0. The van der Waals surface area contributed by atoms with Gasteiger partial charge < -0.3 is 15.6 Å². The molecule has 0 aliphatic carbocycles. The number of carbonyl (C=O) groups is 3. The second-order valence-corrected chi connectivity index (χ2v) is 7.05. The van der Waals surface area contributed by atoms with Gasteiger partial charge in [-0.25, -0.2) is 4.79 Å². The van der Waals surface area contributed by atoms with Gasteiger partial charge in [-0.15, -0.1) is 0 Å². The number of anilines is 1. The van der Waals surface area contributed by atoms with Crippen molar-refractivity contribution in [3.05, 3.63) is 66.4 Å². The summed E-state index contributed by atoms with van der Waals surface area (Å²) in [4.78, 5) is 41.4. The minimum Gasteiger partial charge on any atom is -0.361 e. The van der Waals surface area contributed by atoms with Crippen LogP contribution in [0.5, 0.6) is 0 Å². The first-order chi connectivity index (χ1) is 14.1. The van der Waals surface area contributed by atoms with Crippen LogP contribution in [0.2, 0.25) is 0 Å². The highest BCUT2D eigenvalue weighted by atomic mass is 16.2. The van der Waals surface area contributed by atoms with Gasteiger partial charge in [-0.1, -0.05) is 36.4 Å². The number of aromatic nitrogens is 1. The Balaban J connectivity index is 1.31. The van der Waals surface area contributed by atoms with Crippen LogP contribution >= 0.6 is 0 Å². The van der Waals surface area contributed by atoms with Crippen molar-refractivity contribution in [3.63, 3.8) is 0 Å². The highest BCUT2D eigenvalue weighted by Gasteiger charge is 2.37. The number of rotatable bonds is 7. The summed E-state index contributed by atoms with van der Waals surface area (Å²) in [5.41, 5.74) is 2.80. The second kappa shape index (κ2) is 8.18. The molecule has 29 heavy (non-hydrogen) atoms. The molecule has 1 fully saturated rings. The van der Waals surface area contributed by atoms with Crippen molar-refractivity contribution in [1.82, 2.24) is 15.2 Å². The second-order valence-electron chi connectivity index (χ2n) is 7.05. The van der Waals surface area contributed by atoms with Crippen LogP contribution in [0.3, 0.4) is 0 Å². The summed E-state index contributed by atoms with van der Waals surface area (Å²) < 4.78 is 0. The van der Waals surface area contributed by atoms with Gasteiger partial charge in [0, 0.05) is 35.8 Å². The highest BCUT2D eigenvalue weighted by molar-refractivity contribution is 6.04. The number of nitrogens with zero attached hydrogens (tertiary/aromatic N) is 1. The number of carbonyl (C=O) groups excluding carboxylic acids is 3. The first-order valence-corrected chi connectivity index (χ1v) is 9.63. The van der Waals surface area contributed by atoms with Crippen LogP contribution in [-0.4, -0.2) is 40.3 Å². The van der Waals surface area contributed by atoms with Crippen LogP contribution in [0.4, 0.5) is 10.5 Å². The van der Waals surface area contributed by atoms with E-state index in [4.69, 9.17) is 0 Å². The van der Waals surface area contributed by atoms with Crippen LogP contribution in [0, 0.1) is 0 Å². The molecular formula is C22H22N4O3. The zero-order chi connectivity index (χ0) is 20.2. The fraction of sp³-hybridized carbons (Fsp3) is 0.227. The summed E-state index contributed by atoms with van der Waals surface area (Å²) in [5, 5.41) is 6.57. The number of para-hydroxylation sites is 2. The number of benzene rings is 2. The molecule has 1 atom stereocenters. The highest BCUT2D eigenvalue weighted by Crippen LogP contribution is 2.20. The zero-order valence-electron chi connectivity index (χ0n) is 15.9. The predicted molar refractivity (Wildman–Crippen MR) is 110 cm³/mol. The van der Waals surface area contributed by atoms with Gasteiger partial charge in [-0.3, -0.25) is 14.5 Å². The Labute approximate surface area is 168 Å². The maximum atomic E-state index is 12.6. The van der Waals surface area contributed by atoms with Crippen LogP contribution in [0.25, 0.3) is 10.9 Å². The normalized spacial score (nSPS) is 16.3. The molecule has 1 aliphatic rings. The molecule has 0 saturated carbocycles. The number of fused-ring (bicyclic) bond motifs is 1. The van der Waals surface area contributed by atoms with E-state index in [-0.39, 0.29) is 24.7 Å². The molecule has 4 amide bonds. The van der Waals surface area contributed by atoms with E-state index in [9.17, 15) is 14.4 Å². The third-order valence-electron chi connectivity index (χ3n) is 5.10. The average molecular weight is 390 g/mol. The third kappa shape index (κ3) is 4.13. The lowest BCUT2D eigenvalue weighted by Gasteiger charge is -2.12. The van der Waals surface area contributed by atoms with Gasteiger partial charge in [0.05, 0.1) is 0 Å². The number of hydrogen-bond acceptors (Lipinski definition) is 3. The van der Waals surface area contributed by atoms with Gasteiger partial charge in [0.15, 0.2) is 0 Å². The molecule has 2 aromatic carbocycles. The smallest absolute Gasteiger partial charge is 0.324 e. The number of nitrogens with one attached hydrogen (secondary N) is 3. The van der Waals surface area contributed by atoms with E-state index in [2.05, 4.69) is 15.6 Å². The van der Waals surface area contributed by atoms with E-state index in [1.54, 1.807) is 12.1 Å². The van der Waals surface area contributed by atoms with Crippen molar-refractivity contribution < 1.29 is 14.4 Å². The van der Waals surface area contributed by atoms with Crippen molar-refractivity contribution in [2.24, 2.45) is 0 Å². The molecule has 3 aromatic rings. The van der Waals surface area contributed by atoms with Gasteiger partial charge in [0.1, 0.15) is 6.04 Å². The van der Waals surface area contributed by atoms with E-state index in [0.717, 1.165) is 16.5 Å². The maximum absolute atomic E-state index is 12.6. The lowest BCUT2D eigenvalue weighted by atomic mass is 10.1. The molecule has 148 valence electrons. The largest absolute Gasteiger partial charge is 0.361 e. The monoisotopic (exact) mass is 390 g/mol. The Kier molecular flexibility index (Phi) is 5.29. The Morgan fingerprint density at radius 1 is 1.03 bits per heavy atom. The van der Waals surface area contributed by atoms with Gasteiger partial charge in [-0.2, -0.15) is 0 Å². The van der Waals surface area contributed by atoms with E-state index >= 15 is 0 Å². The Morgan fingerprint density at radius 2 is 1.79 bits per heavy atom. The minimum atomic E-state index is -0.660. The molecule has 0 radical (unpaired) electrons. The molecule has 7 nitrogen and oxygen atoms in total. The standard InChI is InChI=1S/C22H22N4O3/c27-20(24-16-6-2-1-3-7-16)11-10-19-21(28)26(22(29)25-19)13-12-15-14-23-18-9-5-4-8-17(15)18/h1-9,14,19,23H,10-13H2,(H,24,27)(H,25,29). The van der Waals surface area contributed by atoms with Gasteiger partial charge in [-0.05, 0) is 36.6 Å². The van der Waals surface area contributed by atoms with Crippen LogP contribution in [0.15, 0.2) is 60.8 Å². The Bertz CT molecular complexity index is 1040. The predicted octanol–water partition coefficient (Wildman–Crippen LogP) is 3.05. The number of aromatic amines is 1. The quantitative estimate of drug-likeness (QED) is 0.541. The van der Waals surface area contributed by atoms with Crippen LogP contribution in [0.1, 0.15) is 18.4 Å². The lowest BCUT2D eigenvalue weighted by Crippen LogP contribution is -2.33. The Morgan fingerprint density at radius 3 is 2.62 bits per heavy atom. The van der Waals surface area contributed by atoms with E-state index in [1.807, 2.05) is 48.7 Å². The number of amides is 4. The van der Waals surface area contributed by atoms with Crippen LogP contribution < -0.4 is 10.6 Å². The molecule has 4 rings (SSSR count). The van der Waals surface area contributed by atoms with Crippen molar-refractivity contribution in [3.8, 4) is 0 Å². The summed E-state index contributed by atoms with van der Waals surface area (Å²) in [6.07, 6.45) is 2.91. The van der Waals surface area contributed by atoms with E-state index in [1.165, 1.54) is 4.90 Å². The SMILES string of the molecule is O=C(CCC1NC(=O)N(CCc2c[nH]c3ccccc23)C1=O)Nc1ccccc1. The molecule has 3 N–H and O–H groups in total. The number of hydrogen-bond donors (Lipinski definition) is 3. The van der Waals surface area contributed by atoms with Crippen LogP contribution in [-0.2, 0) is 16.0 Å². The average Bonchev–Trinajstić information content (AvgIpc) is 3.26. The summed E-state index contributed by atoms with van der Waals surface area (Å²) in [6.45, 7) is 0.305. The van der Waals surface area contributed by atoms with Gasteiger partial charge >= 0.3 is 6.03 Å². The summed E-state index contributed by atoms with van der Waals surface area (Å²) in [7, 11) is 0. The first kappa shape index (κ1) is 18.7. The summed E-state index contributed by atoms with van der Waals surface area (Å²) in [5.74, 6) is -0.460. The Hall–Kier alpha value is -3.61. The molecule has 0 bridgehead atoms. The summed E-state index contributed by atoms with van der Waals surface area (Å²) in [6, 6.07) is 16.0. The number of H-pyrrole nitrogens is 1. The fourth-order valence-electron chi connectivity index (χ4n) is 3.58. The molecule has 2 heterocycles. The molecule has 1 saturated heterocycles. The first-order valence-electron chi connectivity index (χ1n) is 9.63. The lowest BCUT2D eigenvalue weighted by molar-refractivity contribution is -0.127. The number of urea groups is 1. The van der Waals surface area contributed by atoms with E-state index < -0.39 is 12.1 Å². The van der Waals surface area contributed by atoms with Crippen molar-refractivity contribution >= 4 is 34.4 Å². The minimum absolute atomic E-state index is 0.155. The van der Waals surface area contributed by atoms with Crippen molar-refractivity contribution in [1.29, 1.82) is 0 Å². The topological polar surface area (TPSA) is 94.3 Å². The molecule has 1 aromatic heterocycles. The fourth-order valence-corrected chi connectivity index (χ4v) is 3.58. The molecule has 0 spiro atoms. The molecule has 7 heteroatoms. The maximum Gasteiger partial charge on any atom is 0.324 e. The number of imide groups is 1. The van der Waals surface area contributed by atoms with Gasteiger partial charge in [0.25, 0.3) is 5.91 Å². The van der Waals surface area contributed by atoms with Crippen molar-refractivity contribution in [2.45, 2.75) is 25.3 Å². The van der Waals surface area contributed by atoms with E-state index in [0.29, 0.717) is 18.7 Å². The van der Waals surface area contributed by atoms with Gasteiger partial charge in [0.2, 0.25) is 5.91 Å². The molecule has 1 aliphatic heterocycles. The molecule has 1 unspecified atom stereocenters.